The molecule has 0 spiro atoms. The minimum absolute atomic E-state index is 0.113. The molecule has 1 rings (SSSR count). The highest BCUT2D eigenvalue weighted by Gasteiger charge is 2.33. The van der Waals surface area contributed by atoms with E-state index >= 15 is 0 Å². The first-order valence-electron chi connectivity index (χ1n) is 3.99. The van der Waals surface area contributed by atoms with E-state index in [1.807, 2.05) is 6.07 Å². The highest BCUT2D eigenvalue weighted by Crippen LogP contribution is 2.21. The Hall–Kier alpha value is -0.590. The molecule has 1 aliphatic heterocycles. The van der Waals surface area contributed by atoms with Gasteiger partial charge in [0.25, 0.3) is 0 Å². The van der Waals surface area contributed by atoms with Crippen molar-refractivity contribution < 1.29 is 5.11 Å². The van der Waals surface area contributed by atoms with Gasteiger partial charge in [-0.15, -0.1) is 0 Å². The molecule has 0 aromatic rings. The maximum atomic E-state index is 9.73. The monoisotopic (exact) mass is 154 g/mol. The zero-order valence-electron chi connectivity index (χ0n) is 6.80. The summed E-state index contributed by atoms with van der Waals surface area (Å²) in [5.74, 6) is 0. The Labute approximate surface area is 67.0 Å². The fraction of sp³-hybridized carbons (Fsp3) is 0.875. The zero-order chi connectivity index (χ0) is 8.32. The highest BCUT2D eigenvalue weighted by atomic mass is 16.3. The lowest BCUT2D eigenvalue weighted by molar-refractivity contribution is 0.0304. The fourth-order valence-corrected chi connectivity index (χ4v) is 1.50. The van der Waals surface area contributed by atoms with Gasteiger partial charge in [-0.1, -0.05) is 0 Å². The van der Waals surface area contributed by atoms with E-state index in [-0.39, 0.29) is 12.5 Å². The molecule has 0 saturated carbocycles. The summed E-state index contributed by atoms with van der Waals surface area (Å²) in [5.41, 5.74) is -0.842. The number of hydrogen-bond acceptors (Lipinski definition) is 3. The van der Waals surface area contributed by atoms with Crippen molar-refractivity contribution in [2.45, 2.75) is 37.8 Å². The average Bonchev–Trinajstić information content (AvgIpc) is 2.37. The highest BCUT2D eigenvalue weighted by molar-refractivity contribution is 4.96. The van der Waals surface area contributed by atoms with E-state index in [0.29, 0.717) is 0 Å². The number of aliphatic hydroxyl groups is 1. The second-order valence-corrected chi connectivity index (χ2v) is 3.34. The van der Waals surface area contributed by atoms with Crippen molar-refractivity contribution in [3.8, 4) is 6.07 Å². The predicted octanol–water partition coefficient (Wildman–Crippen LogP) is 0.403. The van der Waals surface area contributed by atoms with Crippen LogP contribution in [0.1, 0.15) is 26.2 Å². The maximum Gasteiger partial charge on any atom is 0.0901 e. The molecule has 11 heavy (non-hydrogen) atoms. The van der Waals surface area contributed by atoms with Gasteiger partial charge < -0.3 is 10.4 Å². The summed E-state index contributed by atoms with van der Waals surface area (Å²) in [6.45, 7) is 2.69. The minimum Gasteiger partial charge on any atom is -0.387 e. The Kier molecular flexibility index (Phi) is 2.48. The first-order chi connectivity index (χ1) is 5.17. The second-order valence-electron chi connectivity index (χ2n) is 3.34. The summed E-state index contributed by atoms with van der Waals surface area (Å²) in [6, 6.07) is 2.11. The zero-order valence-corrected chi connectivity index (χ0v) is 6.80. The van der Waals surface area contributed by atoms with E-state index in [4.69, 9.17) is 5.26 Å². The molecule has 1 aliphatic rings. The van der Waals surface area contributed by atoms with E-state index < -0.39 is 5.60 Å². The molecular formula is C8H14N2O. The third-order valence-electron chi connectivity index (χ3n) is 2.25. The van der Waals surface area contributed by atoms with E-state index in [0.717, 1.165) is 19.4 Å². The minimum atomic E-state index is -0.842. The van der Waals surface area contributed by atoms with Crippen molar-refractivity contribution in [2.24, 2.45) is 0 Å². The van der Waals surface area contributed by atoms with Crippen LogP contribution in [0.25, 0.3) is 0 Å². The number of hydrogen-bond donors (Lipinski definition) is 2. The number of nitrogens with one attached hydrogen (secondary N) is 1. The SMILES string of the molecule is C[C@@](O)(CC#N)[C@@H]1CCCN1. The van der Waals surface area contributed by atoms with Crippen LogP contribution in [0.2, 0.25) is 0 Å². The van der Waals surface area contributed by atoms with E-state index in [1.54, 1.807) is 6.92 Å². The largest absolute Gasteiger partial charge is 0.387 e. The van der Waals surface area contributed by atoms with Gasteiger partial charge in [0.2, 0.25) is 0 Å². The Balaban J connectivity index is 2.49. The molecule has 0 aliphatic carbocycles. The van der Waals surface area contributed by atoms with Gasteiger partial charge >= 0.3 is 0 Å². The predicted molar refractivity (Wildman–Crippen MR) is 41.9 cm³/mol. The first-order valence-corrected chi connectivity index (χ1v) is 3.99. The van der Waals surface area contributed by atoms with Crippen molar-refractivity contribution in [3.05, 3.63) is 0 Å². The normalized spacial score (nSPS) is 29.4. The smallest absolute Gasteiger partial charge is 0.0901 e. The van der Waals surface area contributed by atoms with E-state index in [2.05, 4.69) is 5.32 Å². The second kappa shape index (κ2) is 3.21. The fourth-order valence-electron chi connectivity index (χ4n) is 1.50. The summed E-state index contributed by atoms with van der Waals surface area (Å²) in [6.07, 6.45) is 2.30. The molecule has 1 saturated heterocycles. The number of nitriles is 1. The molecule has 0 unspecified atom stereocenters. The lowest BCUT2D eigenvalue weighted by Crippen LogP contribution is -2.44. The van der Waals surface area contributed by atoms with Gasteiger partial charge in [0.1, 0.15) is 0 Å². The summed E-state index contributed by atoms with van der Waals surface area (Å²) < 4.78 is 0. The molecule has 3 nitrogen and oxygen atoms in total. The van der Waals surface area contributed by atoms with E-state index in [1.165, 1.54) is 0 Å². The van der Waals surface area contributed by atoms with Crippen molar-refractivity contribution in [1.29, 1.82) is 5.26 Å². The van der Waals surface area contributed by atoms with Gasteiger partial charge in [-0.2, -0.15) is 5.26 Å². The lowest BCUT2D eigenvalue weighted by Gasteiger charge is -2.27. The molecule has 62 valence electrons. The molecule has 0 aromatic carbocycles. The Morgan fingerprint density at radius 3 is 3.00 bits per heavy atom. The van der Waals surface area contributed by atoms with Crippen LogP contribution in [0.15, 0.2) is 0 Å². The molecule has 1 heterocycles. The summed E-state index contributed by atoms with van der Waals surface area (Å²) >= 11 is 0. The molecule has 0 amide bonds. The van der Waals surface area contributed by atoms with Crippen LogP contribution in [0.5, 0.6) is 0 Å². The molecule has 1 fully saturated rings. The Morgan fingerprint density at radius 1 is 1.82 bits per heavy atom. The molecule has 2 N–H and O–H groups in total. The summed E-state index contributed by atoms with van der Waals surface area (Å²) in [5, 5.41) is 21.3. The van der Waals surface area contributed by atoms with Crippen LogP contribution >= 0.6 is 0 Å². The van der Waals surface area contributed by atoms with Gasteiger partial charge in [-0.05, 0) is 26.3 Å². The number of rotatable bonds is 2. The van der Waals surface area contributed by atoms with Crippen LogP contribution < -0.4 is 5.32 Å². The molecule has 0 aromatic heterocycles. The first kappa shape index (κ1) is 8.51. The van der Waals surface area contributed by atoms with Crippen LogP contribution in [-0.2, 0) is 0 Å². The van der Waals surface area contributed by atoms with Gasteiger partial charge in [-0.25, -0.2) is 0 Å². The van der Waals surface area contributed by atoms with Crippen molar-refractivity contribution in [2.75, 3.05) is 6.54 Å². The van der Waals surface area contributed by atoms with Gasteiger partial charge in [0.15, 0.2) is 0 Å². The van der Waals surface area contributed by atoms with Gasteiger partial charge in [-0.3, -0.25) is 0 Å². The quantitative estimate of drug-likeness (QED) is 0.605. The van der Waals surface area contributed by atoms with Crippen molar-refractivity contribution >= 4 is 0 Å². The van der Waals surface area contributed by atoms with Crippen LogP contribution in [0.4, 0.5) is 0 Å². The Morgan fingerprint density at radius 2 is 2.55 bits per heavy atom. The Bertz CT molecular complexity index is 165. The molecular weight excluding hydrogens is 140 g/mol. The van der Waals surface area contributed by atoms with E-state index in [9.17, 15) is 5.11 Å². The van der Waals surface area contributed by atoms with Crippen molar-refractivity contribution in [1.82, 2.24) is 5.32 Å². The van der Waals surface area contributed by atoms with Gasteiger partial charge in [0.05, 0.1) is 18.1 Å². The van der Waals surface area contributed by atoms with Crippen molar-refractivity contribution in [3.63, 3.8) is 0 Å². The van der Waals surface area contributed by atoms with Crippen LogP contribution in [-0.4, -0.2) is 23.3 Å². The molecule has 3 heteroatoms. The third kappa shape index (κ3) is 1.92. The maximum absolute atomic E-state index is 9.73. The van der Waals surface area contributed by atoms with Crippen LogP contribution in [0.3, 0.4) is 0 Å². The molecule has 2 atom stereocenters. The topological polar surface area (TPSA) is 56.0 Å². The third-order valence-corrected chi connectivity index (χ3v) is 2.25. The van der Waals surface area contributed by atoms with Crippen LogP contribution in [0, 0.1) is 11.3 Å². The number of nitrogens with zero attached hydrogens (tertiary/aromatic N) is 1. The average molecular weight is 154 g/mol. The molecule has 0 radical (unpaired) electrons. The summed E-state index contributed by atoms with van der Waals surface area (Å²) in [7, 11) is 0. The summed E-state index contributed by atoms with van der Waals surface area (Å²) in [4.78, 5) is 0. The van der Waals surface area contributed by atoms with Gasteiger partial charge in [0, 0.05) is 6.04 Å². The lowest BCUT2D eigenvalue weighted by atomic mass is 9.92. The molecule has 0 bridgehead atoms. The standard InChI is InChI=1S/C8H14N2O/c1-8(11,4-5-9)7-3-2-6-10-7/h7,10-11H,2-4,6H2,1H3/t7-,8+/m0/s1.